The Morgan fingerprint density at radius 3 is 2.84 bits per heavy atom. The summed E-state index contributed by atoms with van der Waals surface area (Å²) >= 11 is 1.53. The number of thiophene rings is 1. The summed E-state index contributed by atoms with van der Waals surface area (Å²) in [7, 11) is 0. The fourth-order valence-corrected chi connectivity index (χ4v) is 2.96. The van der Waals surface area contributed by atoms with E-state index in [2.05, 4.69) is 0 Å². The Hall–Kier alpha value is -1.40. The summed E-state index contributed by atoms with van der Waals surface area (Å²) in [4.78, 5) is 26.1. The zero-order valence-corrected chi connectivity index (χ0v) is 11.8. The Bertz CT molecular complexity index is 469. The average Bonchev–Trinajstić information content (AvgIpc) is 2.92. The SMILES string of the molecule is CC(C)(C(=O)N1CCO[C@H](C(=O)O)C1)c1cccs1. The first-order valence-electron chi connectivity index (χ1n) is 6.10. The van der Waals surface area contributed by atoms with Crippen molar-refractivity contribution in [3.05, 3.63) is 22.4 Å². The van der Waals surface area contributed by atoms with Crippen molar-refractivity contribution in [1.82, 2.24) is 4.90 Å². The number of carboxylic acids is 1. The highest BCUT2D eigenvalue weighted by Crippen LogP contribution is 2.30. The van der Waals surface area contributed by atoms with Gasteiger partial charge in [0.25, 0.3) is 0 Å². The lowest BCUT2D eigenvalue weighted by Gasteiger charge is -2.36. The number of amides is 1. The summed E-state index contributed by atoms with van der Waals surface area (Å²) in [6.07, 6.45) is -0.920. The van der Waals surface area contributed by atoms with Crippen LogP contribution in [0, 0.1) is 0 Å². The Balaban J connectivity index is 2.13. The highest BCUT2D eigenvalue weighted by molar-refractivity contribution is 7.10. The molecule has 1 fully saturated rings. The van der Waals surface area contributed by atoms with Crippen molar-refractivity contribution in [1.29, 1.82) is 0 Å². The molecule has 0 bridgehead atoms. The monoisotopic (exact) mass is 283 g/mol. The van der Waals surface area contributed by atoms with Crippen LogP contribution in [0.2, 0.25) is 0 Å². The molecule has 5 nitrogen and oxygen atoms in total. The highest BCUT2D eigenvalue weighted by Gasteiger charge is 2.38. The lowest BCUT2D eigenvalue weighted by molar-refractivity contribution is -0.160. The zero-order valence-electron chi connectivity index (χ0n) is 11.0. The van der Waals surface area contributed by atoms with Crippen LogP contribution < -0.4 is 0 Å². The summed E-state index contributed by atoms with van der Waals surface area (Å²) < 4.78 is 5.13. The van der Waals surface area contributed by atoms with Crippen LogP contribution in [0.25, 0.3) is 0 Å². The Morgan fingerprint density at radius 1 is 1.53 bits per heavy atom. The molecule has 2 heterocycles. The average molecular weight is 283 g/mol. The van der Waals surface area contributed by atoms with Crippen LogP contribution in [-0.4, -0.2) is 47.7 Å². The Kier molecular flexibility index (Phi) is 3.91. The lowest BCUT2D eigenvalue weighted by Crippen LogP contribution is -2.53. The van der Waals surface area contributed by atoms with Crippen LogP contribution in [0.4, 0.5) is 0 Å². The number of hydrogen-bond donors (Lipinski definition) is 1. The quantitative estimate of drug-likeness (QED) is 0.909. The topological polar surface area (TPSA) is 66.8 Å². The number of carbonyl (C=O) groups is 2. The molecule has 2 rings (SSSR count). The van der Waals surface area contributed by atoms with Gasteiger partial charge in [0, 0.05) is 11.4 Å². The first kappa shape index (κ1) is 14.0. The fourth-order valence-electron chi connectivity index (χ4n) is 2.12. The molecular weight excluding hydrogens is 266 g/mol. The van der Waals surface area contributed by atoms with Crippen molar-refractivity contribution in [2.75, 3.05) is 19.7 Å². The minimum atomic E-state index is -1.02. The third kappa shape index (κ3) is 2.79. The maximum absolute atomic E-state index is 12.6. The summed E-state index contributed by atoms with van der Waals surface area (Å²) in [5, 5.41) is 10.9. The van der Waals surface area contributed by atoms with Gasteiger partial charge in [-0.3, -0.25) is 4.79 Å². The largest absolute Gasteiger partial charge is 0.479 e. The molecule has 1 N–H and O–H groups in total. The van der Waals surface area contributed by atoms with Gasteiger partial charge in [0.05, 0.1) is 18.6 Å². The van der Waals surface area contributed by atoms with Gasteiger partial charge in [-0.1, -0.05) is 6.07 Å². The van der Waals surface area contributed by atoms with Gasteiger partial charge in [0.15, 0.2) is 6.10 Å². The minimum absolute atomic E-state index is 0.0514. The zero-order chi connectivity index (χ0) is 14.0. The predicted octanol–water partition coefficient (Wildman–Crippen LogP) is 1.34. The van der Waals surface area contributed by atoms with Gasteiger partial charge >= 0.3 is 5.97 Å². The van der Waals surface area contributed by atoms with E-state index in [9.17, 15) is 9.59 Å². The molecule has 0 radical (unpaired) electrons. The molecule has 1 aromatic rings. The van der Waals surface area contributed by atoms with E-state index in [4.69, 9.17) is 9.84 Å². The molecule has 1 aliphatic rings. The fraction of sp³-hybridized carbons (Fsp3) is 0.538. The number of nitrogens with zero attached hydrogens (tertiary/aromatic N) is 1. The van der Waals surface area contributed by atoms with Crippen molar-refractivity contribution in [3.8, 4) is 0 Å². The molecule has 0 aromatic carbocycles. The van der Waals surface area contributed by atoms with E-state index in [0.29, 0.717) is 6.54 Å². The number of carboxylic acid groups (broad SMARTS) is 1. The smallest absolute Gasteiger partial charge is 0.334 e. The maximum atomic E-state index is 12.6. The minimum Gasteiger partial charge on any atom is -0.479 e. The van der Waals surface area contributed by atoms with Crippen LogP contribution >= 0.6 is 11.3 Å². The van der Waals surface area contributed by atoms with Gasteiger partial charge in [-0.2, -0.15) is 0 Å². The molecule has 19 heavy (non-hydrogen) atoms. The van der Waals surface area contributed by atoms with Crippen LogP contribution in [0.15, 0.2) is 17.5 Å². The molecule has 1 amide bonds. The molecule has 0 saturated carbocycles. The van der Waals surface area contributed by atoms with Crippen molar-refractivity contribution in [3.63, 3.8) is 0 Å². The van der Waals surface area contributed by atoms with Crippen molar-refractivity contribution in [2.24, 2.45) is 0 Å². The Labute approximate surface area is 115 Å². The molecular formula is C13H17NO4S. The first-order valence-corrected chi connectivity index (χ1v) is 6.98. The molecule has 1 aromatic heterocycles. The normalized spacial score (nSPS) is 20.3. The molecule has 0 unspecified atom stereocenters. The van der Waals surface area contributed by atoms with Crippen LogP contribution in [0.5, 0.6) is 0 Å². The Morgan fingerprint density at radius 2 is 2.26 bits per heavy atom. The third-order valence-corrected chi connectivity index (χ3v) is 4.49. The van der Waals surface area contributed by atoms with E-state index >= 15 is 0 Å². The second kappa shape index (κ2) is 5.30. The van der Waals surface area contributed by atoms with Gasteiger partial charge < -0.3 is 14.7 Å². The number of rotatable bonds is 3. The second-order valence-electron chi connectivity index (χ2n) is 5.05. The van der Waals surface area contributed by atoms with Crippen molar-refractivity contribution >= 4 is 23.2 Å². The van der Waals surface area contributed by atoms with Crippen LogP contribution in [0.3, 0.4) is 0 Å². The molecule has 104 valence electrons. The summed E-state index contributed by atoms with van der Waals surface area (Å²) in [6, 6.07) is 3.84. The van der Waals surface area contributed by atoms with Gasteiger partial charge in [-0.25, -0.2) is 4.79 Å². The molecule has 1 saturated heterocycles. The molecule has 1 aliphatic heterocycles. The van der Waals surface area contributed by atoms with Crippen molar-refractivity contribution in [2.45, 2.75) is 25.4 Å². The van der Waals surface area contributed by atoms with Crippen molar-refractivity contribution < 1.29 is 19.4 Å². The van der Waals surface area contributed by atoms with E-state index in [-0.39, 0.29) is 19.1 Å². The number of carbonyl (C=O) groups excluding carboxylic acids is 1. The molecule has 0 aliphatic carbocycles. The number of morpholine rings is 1. The number of ether oxygens (including phenoxy) is 1. The predicted molar refractivity (Wildman–Crippen MR) is 71.3 cm³/mol. The molecule has 0 spiro atoms. The number of aliphatic carboxylic acids is 1. The van der Waals surface area contributed by atoms with Gasteiger partial charge in [-0.15, -0.1) is 11.3 Å². The summed E-state index contributed by atoms with van der Waals surface area (Å²) in [5.74, 6) is -1.07. The molecule has 6 heteroatoms. The van der Waals surface area contributed by atoms with Crippen LogP contribution in [-0.2, 0) is 19.7 Å². The van der Waals surface area contributed by atoms with E-state index in [0.717, 1.165) is 4.88 Å². The summed E-state index contributed by atoms with van der Waals surface area (Å²) in [5.41, 5.74) is -0.630. The van der Waals surface area contributed by atoms with Gasteiger partial charge in [-0.05, 0) is 25.3 Å². The standard InChI is InChI=1S/C13H17NO4S/c1-13(2,10-4-3-7-19-10)12(17)14-5-6-18-9(8-14)11(15)16/h3-4,7,9H,5-6,8H2,1-2H3,(H,15,16)/t9-/m0/s1. The summed E-state index contributed by atoms with van der Waals surface area (Å²) in [6.45, 7) is 4.56. The van der Waals surface area contributed by atoms with Gasteiger partial charge in [0.1, 0.15) is 0 Å². The maximum Gasteiger partial charge on any atom is 0.334 e. The lowest BCUT2D eigenvalue weighted by atomic mass is 9.89. The number of hydrogen-bond acceptors (Lipinski definition) is 4. The van der Waals surface area contributed by atoms with Gasteiger partial charge in [0.2, 0.25) is 5.91 Å². The van der Waals surface area contributed by atoms with E-state index in [1.165, 1.54) is 11.3 Å². The second-order valence-corrected chi connectivity index (χ2v) is 6.00. The van der Waals surface area contributed by atoms with E-state index in [1.54, 1.807) is 4.90 Å². The highest BCUT2D eigenvalue weighted by atomic mass is 32.1. The molecule has 1 atom stereocenters. The van der Waals surface area contributed by atoms with E-state index in [1.807, 2.05) is 31.4 Å². The third-order valence-electron chi connectivity index (χ3n) is 3.30. The first-order chi connectivity index (χ1) is 8.93. The van der Waals surface area contributed by atoms with Crippen LogP contribution in [0.1, 0.15) is 18.7 Å². The van der Waals surface area contributed by atoms with E-state index < -0.39 is 17.5 Å².